The zero-order valence-electron chi connectivity index (χ0n) is 9.00. The van der Waals surface area contributed by atoms with Crippen LogP contribution in [0.5, 0.6) is 0 Å². The number of nitrogens with zero attached hydrogens (tertiary/aromatic N) is 1. The molecule has 0 saturated heterocycles. The predicted molar refractivity (Wildman–Crippen MR) is 63.8 cm³/mol. The third-order valence-corrected chi connectivity index (χ3v) is 3.01. The summed E-state index contributed by atoms with van der Waals surface area (Å²) in [4.78, 5) is 11.2. The number of rotatable bonds is 4. The van der Waals surface area contributed by atoms with Crippen molar-refractivity contribution in [2.45, 2.75) is 19.3 Å². The monoisotopic (exact) mass is 281 g/mol. The molecule has 0 fully saturated rings. The van der Waals surface area contributed by atoms with Gasteiger partial charge < -0.3 is 4.74 Å². The van der Waals surface area contributed by atoms with E-state index in [-0.39, 0.29) is 12.4 Å². The van der Waals surface area contributed by atoms with E-state index in [9.17, 15) is 4.79 Å². The van der Waals surface area contributed by atoms with Gasteiger partial charge in [-0.25, -0.2) is 0 Å². The molecule has 0 aliphatic carbocycles. The average molecular weight is 282 g/mol. The number of hydrogen-bond donors (Lipinski definition) is 0. The SMILES string of the molecule is COC(=O)Cc1cccc(Br)c1CCC#N. The van der Waals surface area contributed by atoms with Crippen molar-refractivity contribution >= 4 is 21.9 Å². The molecule has 16 heavy (non-hydrogen) atoms. The van der Waals surface area contributed by atoms with Gasteiger partial charge in [-0.05, 0) is 23.6 Å². The van der Waals surface area contributed by atoms with Crippen molar-refractivity contribution in [3.63, 3.8) is 0 Å². The van der Waals surface area contributed by atoms with Crippen molar-refractivity contribution in [2.24, 2.45) is 0 Å². The molecule has 1 aromatic rings. The summed E-state index contributed by atoms with van der Waals surface area (Å²) in [5.74, 6) is -0.267. The van der Waals surface area contributed by atoms with Crippen LogP contribution in [-0.4, -0.2) is 13.1 Å². The molecule has 0 unspecified atom stereocenters. The van der Waals surface area contributed by atoms with Crippen LogP contribution in [0.15, 0.2) is 22.7 Å². The maximum absolute atomic E-state index is 11.2. The van der Waals surface area contributed by atoms with Crippen LogP contribution in [0.25, 0.3) is 0 Å². The van der Waals surface area contributed by atoms with E-state index in [1.165, 1.54) is 7.11 Å². The van der Waals surface area contributed by atoms with E-state index in [1.54, 1.807) is 0 Å². The van der Waals surface area contributed by atoms with E-state index in [1.807, 2.05) is 18.2 Å². The Labute approximate surface area is 103 Å². The molecule has 1 rings (SSSR count). The van der Waals surface area contributed by atoms with Gasteiger partial charge >= 0.3 is 5.97 Å². The molecule has 3 nitrogen and oxygen atoms in total. The number of halogens is 1. The second kappa shape index (κ2) is 6.29. The first-order valence-corrected chi connectivity index (χ1v) is 5.68. The van der Waals surface area contributed by atoms with Crippen LogP contribution in [-0.2, 0) is 22.4 Å². The lowest BCUT2D eigenvalue weighted by Gasteiger charge is -2.09. The van der Waals surface area contributed by atoms with E-state index >= 15 is 0 Å². The summed E-state index contributed by atoms with van der Waals surface area (Å²) in [7, 11) is 1.37. The Morgan fingerprint density at radius 1 is 1.56 bits per heavy atom. The highest BCUT2D eigenvalue weighted by Gasteiger charge is 2.10. The minimum absolute atomic E-state index is 0.247. The van der Waals surface area contributed by atoms with Gasteiger partial charge in [-0.1, -0.05) is 28.1 Å². The maximum Gasteiger partial charge on any atom is 0.309 e. The van der Waals surface area contributed by atoms with Crippen molar-refractivity contribution < 1.29 is 9.53 Å². The minimum Gasteiger partial charge on any atom is -0.469 e. The van der Waals surface area contributed by atoms with Gasteiger partial charge in [0.15, 0.2) is 0 Å². The van der Waals surface area contributed by atoms with Gasteiger partial charge in [0, 0.05) is 10.9 Å². The first-order chi connectivity index (χ1) is 7.69. The fourth-order valence-electron chi connectivity index (χ4n) is 1.46. The fraction of sp³-hybridized carbons (Fsp3) is 0.333. The number of ether oxygens (including phenoxy) is 1. The van der Waals surface area contributed by atoms with Gasteiger partial charge in [-0.15, -0.1) is 0 Å². The molecule has 0 amide bonds. The summed E-state index contributed by atoms with van der Waals surface area (Å²) in [6.07, 6.45) is 1.33. The largest absolute Gasteiger partial charge is 0.469 e. The quantitative estimate of drug-likeness (QED) is 0.798. The summed E-state index contributed by atoms with van der Waals surface area (Å²) in [5.41, 5.74) is 1.92. The van der Waals surface area contributed by atoms with Gasteiger partial charge in [0.25, 0.3) is 0 Å². The van der Waals surface area contributed by atoms with Gasteiger partial charge in [-0.3, -0.25) is 4.79 Å². The van der Waals surface area contributed by atoms with E-state index < -0.39 is 0 Å². The van der Waals surface area contributed by atoms with Crippen LogP contribution in [0.1, 0.15) is 17.5 Å². The second-order valence-corrected chi connectivity index (χ2v) is 4.14. The Bertz CT molecular complexity index is 424. The zero-order valence-corrected chi connectivity index (χ0v) is 10.6. The van der Waals surface area contributed by atoms with Crippen molar-refractivity contribution in [1.82, 2.24) is 0 Å². The van der Waals surface area contributed by atoms with Crippen molar-refractivity contribution in [1.29, 1.82) is 5.26 Å². The Balaban J connectivity index is 2.94. The van der Waals surface area contributed by atoms with Gasteiger partial charge in [0.1, 0.15) is 0 Å². The highest BCUT2D eigenvalue weighted by molar-refractivity contribution is 9.10. The van der Waals surface area contributed by atoms with E-state index in [4.69, 9.17) is 5.26 Å². The molecule has 0 aliphatic rings. The van der Waals surface area contributed by atoms with Gasteiger partial charge in [-0.2, -0.15) is 5.26 Å². The lowest BCUT2D eigenvalue weighted by atomic mass is 10.0. The molecular formula is C12H12BrNO2. The molecule has 0 spiro atoms. The summed E-state index contributed by atoms with van der Waals surface area (Å²) >= 11 is 3.43. The summed E-state index contributed by atoms with van der Waals surface area (Å²) in [5, 5.41) is 8.58. The number of methoxy groups -OCH3 is 1. The molecule has 0 heterocycles. The predicted octanol–water partition coefficient (Wildman–Crippen LogP) is 2.62. The molecule has 0 N–H and O–H groups in total. The number of esters is 1. The van der Waals surface area contributed by atoms with E-state index in [0.29, 0.717) is 12.8 Å². The van der Waals surface area contributed by atoms with Crippen LogP contribution in [0.3, 0.4) is 0 Å². The maximum atomic E-state index is 11.2. The molecule has 0 atom stereocenters. The summed E-state index contributed by atoms with van der Waals surface area (Å²) in [6, 6.07) is 7.77. The summed E-state index contributed by atoms with van der Waals surface area (Å²) < 4.78 is 5.57. The molecule has 0 saturated carbocycles. The first-order valence-electron chi connectivity index (χ1n) is 4.89. The fourth-order valence-corrected chi connectivity index (χ4v) is 2.06. The molecule has 0 radical (unpaired) electrons. The topological polar surface area (TPSA) is 50.1 Å². The van der Waals surface area contributed by atoms with Crippen LogP contribution >= 0.6 is 15.9 Å². The molecule has 0 aliphatic heterocycles. The Kier molecular flexibility index (Phi) is 5.00. The normalized spacial score (nSPS) is 9.56. The van der Waals surface area contributed by atoms with Crippen LogP contribution in [0.4, 0.5) is 0 Å². The van der Waals surface area contributed by atoms with Gasteiger partial charge in [0.05, 0.1) is 19.6 Å². The number of carbonyl (C=O) groups excluding carboxylic acids is 1. The van der Waals surface area contributed by atoms with E-state index in [0.717, 1.165) is 15.6 Å². The van der Waals surface area contributed by atoms with Crippen molar-refractivity contribution in [3.8, 4) is 6.07 Å². The number of hydrogen-bond acceptors (Lipinski definition) is 3. The second-order valence-electron chi connectivity index (χ2n) is 3.29. The number of nitriles is 1. The first kappa shape index (κ1) is 12.7. The lowest BCUT2D eigenvalue weighted by molar-refractivity contribution is -0.139. The zero-order chi connectivity index (χ0) is 12.0. The van der Waals surface area contributed by atoms with Crippen molar-refractivity contribution in [3.05, 3.63) is 33.8 Å². The molecule has 0 aromatic heterocycles. The molecule has 1 aromatic carbocycles. The minimum atomic E-state index is -0.267. The third kappa shape index (κ3) is 3.35. The van der Waals surface area contributed by atoms with Crippen LogP contribution in [0.2, 0.25) is 0 Å². The number of carbonyl (C=O) groups is 1. The smallest absolute Gasteiger partial charge is 0.309 e. The van der Waals surface area contributed by atoms with Crippen LogP contribution < -0.4 is 0 Å². The molecule has 0 bridgehead atoms. The lowest BCUT2D eigenvalue weighted by Crippen LogP contribution is -2.07. The average Bonchev–Trinajstić information content (AvgIpc) is 2.28. The standard InChI is InChI=1S/C12H12BrNO2/c1-16-12(15)8-9-4-2-6-11(13)10(9)5-3-7-14/h2,4,6H,3,5,8H2,1H3. The highest BCUT2D eigenvalue weighted by atomic mass is 79.9. The van der Waals surface area contributed by atoms with E-state index in [2.05, 4.69) is 26.7 Å². The molecule has 84 valence electrons. The Hall–Kier alpha value is -1.34. The molecule has 4 heteroatoms. The van der Waals surface area contributed by atoms with Gasteiger partial charge in [0.2, 0.25) is 0 Å². The Morgan fingerprint density at radius 3 is 2.94 bits per heavy atom. The Morgan fingerprint density at radius 2 is 2.31 bits per heavy atom. The third-order valence-electron chi connectivity index (χ3n) is 2.27. The highest BCUT2D eigenvalue weighted by Crippen LogP contribution is 2.22. The number of benzene rings is 1. The molecular weight excluding hydrogens is 270 g/mol. The summed E-state index contributed by atoms with van der Waals surface area (Å²) in [6.45, 7) is 0. The van der Waals surface area contributed by atoms with Crippen molar-refractivity contribution in [2.75, 3.05) is 7.11 Å². The van der Waals surface area contributed by atoms with Crippen LogP contribution in [0, 0.1) is 11.3 Å².